The maximum atomic E-state index is 12.1. The molecule has 2 unspecified atom stereocenters. The highest BCUT2D eigenvalue weighted by atomic mass is 16.2. The Morgan fingerprint density at radius 3 is 2.86 bits per heavy atom. The summed E-state index contributed by atoms with van der Waals surface area (Å²) >= 11 is 0. The SMILES string of the molecule is CC(NC(=O)CN(C)CC1CCCNC1)c1ccccc1. The minimum Gasteiger partial charge on any atom is -0.348 e. The van der Waals surface area contributed by atoms with E-state index in [2.05, 4.69) is 15.5 Å². The van der Waals surface area contributed by atoms with Gasteiger partial charge in [0.1, 0.15) is 0 Å². The zero-order chi connectivity index (χ0) is 15.1. The molecule has 4 heteroatoms. The van der Waals surface area contributed by atoms with Crippen LogP contribution in [0.1, 0.15) is 31.4 Å². The molecule has 1 aliphatic heterocycles. The summed E-state index contributed by atoms with van der Waals surface area (Å²) in [5.41, 5.74) is 1.14. The van der Waals surface area contributed by atoms with Crippen molar-refractivity contribution in [2.24, 2.45) is 5.92 Å². The van der Waals surface area contributed by atoms with Crippen molar-refractivity contribution >= 4 is 5.91 Å². The molecule has 1 fully saturated rings. The van der Waals surface area contributed by atoms with Crippen molar-refractivity contribution in [1.82, 2.24) is 15.5 Å². The van der Waals surface area contributed by atoms with Gasteiger partial charge in [0.15, 0.2) is 0 Å². The quantitative estimate of drug-likeness (QED) is 0.839. The number of hydrogen-bond acceptors (Lipinski definition) is 3. The third kappa shape index (κ3) is 5.48. The lowest BCUT2D eigenvalue weighted by atomic mass is 9.99. The van der Waals surface area contributed by atoms with Crippen molar-refractivity contribution in [1.29, 1.82) is 0 Å². The molecule has 4 nitrogen and oxygen atoms in total. The van der Waals surface area contributed by atoms with Crippen LogP contribution in [0.4, 0.5) is 0 Å². The Morgan fingerprint density at radius 1 is 1.43 bits per heavy atom. The van der Waals surface area contributed by atoms with E-state index in [9.17, 15) is 4.79 Å². The normalized spacial score (nSPS) is 20.2. The average Bonchev–Trinajstić information content (AvgIpc) is 2.48. The molecule has 2 rings (SSSR count). The Hall–Kier alpha value is -1.39. The molecule has 0 spiro atoms. The van der Waals surface area contributed by atoms with Crippen molar-refractivity contribution < 1.29 is 4.79 Å². The molecule has 0 aromatic heterocycles. The smallest absolute Gasteiger partial charge is 0.234 e. The molecule has 0 saturated carbocycles. The summed E-state index contributed by atoms with van der Waals surface area (Å²) in [6.07, 6.45) is 2.51. The number of rotatable bonds is 6. The van der Waals surface area contributed by atoms with Gasteiger partial charge in [-0.15, -0.1) is 0 Å². The van der Waals surface area contributed by atoms with E-state index in [1.54, 1.807) is 0 Å². The number of nitrogens with one attached hydrogen (secondary N) is 2. The van der Waals surface area contributed by atoms with E-state index in [0.29, 0.717) is 12.5 Å². The van der Waals surface area contributed by atoms with Crippen LogP contribution in [-0.2, 0) is 4.79 Å². The number of carbonyl (C=O) groups is 1. The van der Waals surface area contributed by atoms with Gasteiger partial charge in [0.25, 0.3) is 0 Å². The molecule has 1 aromatic rings. The van der Waals surface area contributed by atoms with E-state index in [0.717, 1.165) is 25.2 Å². The molecule has 1 heterocycles. The van der Waals surface area contributed by atoms with Crippen molar-refractivity contribution in [3.05, 3.63) is 35.9 Å². The summed E-state index contributed by atoms with van der Waals surface area (Å²) < 4.78 is 0. The van der Waals surface area contributed by atoms with Gasteiger partial charge in [-0.05, 0) is 51.4 Å². The third-order valence-corrected chi connectivity index (χ3v) is 4.06. The zero-order valence-corrected chi connectivity index (χ0v) is 13.1. The molecular formula is C17H27N3O. The summed E-state index contributed by atoms with van der Waals surface area (Å²) in [5.74, 6) is 0.765. The van der Waals surface area contributed by atoms with Crippen LogP contribution in [0.5, 0.6) is 0 Å². The highest BCUT2D eigenvalue weighted by Crippen LogP contribution is 2.12. The molecule has 0 aliphatic carbocycles. The molecule has 2 atom stereocenters. The van der Waals surface area contributed by atoms with Crippen molar-refractivity contribution in [3.63, 3.8) is 0 Å². The highest BCUT2D eigenvalue weighted by Gasteiger charge is 2.17. The van der Waals surface area contributed by atoms with E-state index in [1.807, 2.05) is 44.3 Å². The molecule has 2 N–H and O–H groups in total. The van der Waals surface area contributed by atoms with Crippen LogP contribution in [0.25, 0.3) is 0 Å². The van der Waals surface area contributed by atoms with Crippen LogP contribution in [0.15, 0.2) is 30.3 Å². The van der Waals surface area contributed by atoms with Gasteiger partial charge in [-0.1, -0.05) is 30.3 Å². The summed E-state index contributed by atoms with van der Waals surface area (Å²) in [6, 6.07) is 10.1. The fraction of sp³-hybridized carbons (Fsp3) is 0.588. The fourth-order valence-corrected chi connectivity index (χ4v) is 2.94. The Morgan fingerprint density at radius 2 is 2.19 bits per heavy atom. The second-order valence-electron chi connectivity index (χ2n) is 6.11. The van der Waals surface area contributed by atoms with Crippen molar-refractivity contribution in [2.45, 2.75) is 25.8 Å². The fourth-order valence-electron chi connectivity index (χ4n) is 2.94. The number of hydrogen-bond donors (Lipinski definition) is 2. The first-order valence-corrected chi connectivity index (χ1v) is 7.88. The predicted molar refractivity (Wildman–Crippen MR) is 86.1 cm³/mol. The second kappa shape index (κ2) is 8.15. The predicted octanol–water partition coefficient (Wildman–Crippen LogP) is 1.80. The number of amides is 1. The van der Waals surface area contributed by atoms with E-state index in [4.69, 9.17) is 0 Å². The summed E-state index contributed by atoms with van der Waals surface area (Å²) in [4.78, 5) is 14.2. The lowest BCUT2D eigenvalue weighted by molar-refractivity contribution is -0.122. The molecule has 21 heavy (non-hydrogen) atoms. The van der Waals surface area contributed by atoms with E-state index < -0.39 is 0 Å². The Kier molecular flexibility index (Phi) is 6.21. The number of benzene rings is 1. The van der Waals surface area contributed by atoms with Gasteiger partial charge in [0.2, 0.25) is 5.91 Å². The van der Waals surface area contributed by atoms with Gasteiger partial charge < -0.3 is 10.6 Å². The average molecular weight is 289 g/mol. The zero-order valence-electron chi connectivity index (χ0n) is 13.1. The van der Waals surface area contributed by atoms with E-state index in [-0.39, 0.29) is 11.9 Å². The minimum absolute atomic E-state index is 0.0587. The Balaban J connectivity index is 1.73. The maximum Gasteiger partial charge on any atom is 0.234 e. The first kappa shape index (κ1) is 16.0. The second-order valence-corrected chi connectivity index (χ2v) is 6.11. The Bertz CT molecular complexity index is 429. The minimum atomic E-state index is 0.0587. The lowest BCUT2D eigenvalue weighted by Gasteiger charge is -2.27. The maximum absolute atomic E-state index is 12.1. The van der Waals surface area contributed by atoms with Gasteiger partial charge in [-0.3, -0.25) is 9.69 Å². The number of likely N-dealkylation sites (N-methyl/N-ethyl adjacent to an activating group) is 1. The molecule has 1 aliphatic rings. The molecular weight excluding hydrogens is 262 g/mol. The first-order valence-electron chi connectivity index (χ1n) is 7.88. The first-order chi connectivity index (χ1) is 10.1. The topological polar surface area (TPSA) is 44.4 Å². The highest BCUT2D eigenvalue weighted by molar-refractivity contribution is 5.78. The van der Waals surface area contributed by atoms with E-state index >= 15 is 0 Å². The largest absolute Gasteiger partial charge is 0.348 e. The van der Waals surface area contributed by atoms with Crippen LogP contribution >= 0.6 is 0 Å². The monoisotopic (exact) mass is 289 g/mol. The van der Waals surface area contributed by atoms with Gasteiger partial charge in [0, 0.05) is 6.54 Å². The Labute approximate surface area is 127 Å². The van der Waals surface area contributed by atoms with Gasteiger partial charge >= 0.3 is 0 Å². The van der Waals surface area contributed by atoms with Crippen molar-refractivity contribution in [3.8, 4) is 0 Å². The van der Waals surface area contributed by atoms with Gasteiger partial charge in [-0.25, -0.2) is 0 Å². The van der Waals surface area contributed by atoms with Crippen LogP contribution < -0.4 is 10.6 Å². The van der Waals surface area contributed by atoms with Crippen LogP contribution in [0, 0.1) is 5.92 Å². The number of carbonyl (C=O) groups excluding carboxylic acids is 1. The summed E-state index contributed by atoms with van der Waals surface area (Å²) in [6.45, 7) is 5.69. The molecule has 116 valence electrons. The molecule has 0 bridgehead atoms. The number of nitrogens with zero attached hydrogens (tertiary/aromatic N) is 1. The molecule has 1 amide bonds. The third-order valence-electron chi connectivity index (χ3n) is 4.06. The summed E-state index contributed by atoms with van der Waals surface area (Å²) in [5, 5.41) is 6.49. The standard InChI is InChI=1S/C17H27N3O/c1-14(16-8-4-3-5-9-16)19-17(21)13-20(2)12-15-7-6-10-18-11-15/h3-5,8-9,14-15,18H,6-7,10-13H2,1-2H3,(H,19,21). The number of piperidine rings is 1. The van der Waals surface area contributed by atoms with Crippen LogP contribution in [0.3, 0.4) is 0 Å². The van der Waals surface area contributed by atoms with Gasteiger partial charge in [0.05, 0.1) is 12.6 Å². The molecule has 0 radical (unpaired) electrons. The van der Waals surface area contributed by atoms with Gasteiger partial charge in [-0.2, -0.15) is 0 Å². The molecule has 1 saturated heterocycles. The molecule has 1 aromatic carbocycles. The van der Waals surface area contributed by atoms with E-state index in [1.165, 1.54) is 12.8 Å². The van der Waals surface area contributed by atoms with Crippen LogP contribution in [-0.4, -0.2) is 44.0 Å². The van der Waals surface area contributed by atoms with Crippen molar-refractivity contribution in [2.75, 3.05) is 33.2 Å². The summed E-state index contributed by atoms with van der Waals surface area (Å²) in [7, 11) is 2.03. The van der Waals surface area contributed by atoms with Crippen LogP contribution in [0.2, 0.25) is 0 Å². The lowest BCUT2D eigenvalue weighted by Crippen LogP contribution is -2.41.